The predicted molar refractivity (Wildman–Crippen MR) is 48.9 cm³/mol. The summed E-state index contributed by atoms with van der Waals surface area (Å²) >= 11 is 0. The Labute approximate surface area is 75.8 Å². The summed E-state index contributed by atoms with van der Waals surface area (Å²) in [5.41, 5.74) is 7.18. The molecule has 0 unspecified atom stereocenters. The van der Waals surface area contributed by atoms with Gasteiger partial charge in [0, 0.05) is 19.4 Å². The number of aryl methyl sites for hydroxylation is 1. The van der Waals surface area contributed by atoms with E-state index >= 15 is 0 Å². The molecule has 5 nitrogen and oxygen atoms in total. The molecule has 0 saturated heterocycles. The van der Waals surface area contributed by atoms with Crippen molar-refractivity contribution < 1.29 is 0 Å². The molecule has 0 aromatic carbocycles. The van der Waals surface area contributed by atoms with Gasteiger partial charge < -0.3 is 5.73 Å². The second-order valence-corrected chi connectivity index (χ2v) is 2.95. The van der Waals surface area contributed by atoms with Gasteiger partial charge in [-0.2, -0.15) is 10.2 Å². The van der Waals surface area contributed by atoms with Crippen LogP contribution in [0.3, 0.4) is 0 Å². The van der Waals surface area contributed by atoms with Crippen molar-refractivity contribution in [2.24, 2.45) is 7.05 Å². The van der Waals surface area contributed by atoms with Gasteiger partial charge in [0.2, 0.25) is 0 Å². The minimum absolute atomic E-state index is 0.665. The molecule has 13 heavy (non-hydrogen) atoms. The largest absolute Gasteiger partial charge is 0.396 e. The monoisotopic (exact) mass is 177 g/mol. The molecule has 2 N–H and O–H groups in total. The second-order valence-electron chi connectivity index (χ2n) is 2.95. The molecule has 68 valence electrons. The molecule has 0 saturated carbocycles. The Morgan fingerprint density at radius 2 is 2.38 bits per heavy atom. The highest BCUT2D eigenvalue weighted by atomic mass is 15.3. The van der Waals surface area contributed by atoms with Crippen molar-refractivity contribution in [2.75, 3.05) is 5.73 Å². The highest BCUT2D eigenvalue weighted by molar-refractivity contribution is 5.30. The lowest BCUT2D eigenvalue weighted by Gasteiger charge is -1.95. The Morgan fingerprint density at radius 1 is 1.54 bits per heavy atom. The third-order valence-corrected chi connectivity index (χ3v) is 1.75. The molecule has 0 atom stereocenters. The summed E-state index contributed by atoms with van der Waals surface area (Å²) in [7, 11) is 1.89. The molecule has 5 heteroatoms. The van der Waals surface area contributed by atoms with Crippen molar-refractivity contribution in [3.8, 4) is 0 Å². The quantitative estimate of drug-likeness (QED) is 0.715. The van der Waals surface area contributed by atoms with Gasteiger partial charge in [0.15, 0.2) is 0 Å². The number of nitrogen functional groups attached to an aromatic ring is 1. The van der Waals surface area contributed by atoms with Crippen molar-refractivity contribution in [3.63, 3.8) is 0 Å². The van der Waals surface area contributed by atoms with Crippen molar-refractivity contribution in [1.82, 2.24) is 19.6 Å². The standard InChI is InChI=1S/C8H11N5/c1-12-3-2-8(11-12)6-13-5-7(9)4-10-13/h2-5H,6,9H2,1H3. The van der Waals surface area contributed by atoms with E-state index in [9.17, 15) is 0 Å². The third kappa shape index (κ3) is 1.69. The van der Waals surface area contributed by atoms with E-state index < -0.39 is 0 Å². The first-order valence-corrected chi connectivity index (χ1v) is 4.00. The van der Waals surface area contributed by atoms with E-state index in [0.29, 0.717) is 12.2 Å². The summed E-state index contributed by atoms with van der Waals surface area (Å²) in [6.45, 7) is 0.665. The summed E-state index contributed by atoms with van der Waals surface area (Å²) < 4.78 is 3.53. The summed E-state index contributed by atoms with van der Waals surface area (Å²) in [4.78, 5) is 0. The lowest BCUT2D eigenvalue weighted by atomic mass is 10.4. The van der Waals surface area contributed by atoms with Gasteiger partial charge in [-0.3, -0.25) is 9.36 Å². The zero-order chi connectivity index (χ0) is 9.26. The predicted octanol–water partition coefficient (Wildman–Crippen LogP) is 0.247. The van der Waals surface area contributed by atoms with Crippen LogP contribution < -0.4 is 5.73 Å². The van der Waals surface area contributed by atoms with Gasteiger partial charge in [-0.05, 0) is 6.07 Å². The fourth-order valence-corrected chi connectivity index (χ4v) is 1.18. The lowest BCUT2D eigenvalue weighted by molar-refractivity contribution is 0.650. The molecule has 0 aliphatic carbocycles. The molecule has 2 aromatic heterocycles. The van der Waals surface area contributed by atoms with Crippen LogP contribution in [0.15, 0.2) is 24.7 Å². The molecule has 0 spiro atoms. The third-order valence-electron chi connectivity index (χ3n) is 1.75. The van der Waals surface area contributed by atoms with Crippen molar-refractivity contribution in [3.05, 3.63) is 30.4 Å². The minimum Gasteiger partial charge on any atom is -0.396 e. The Bertz CT molecular complexity index is 362. The van der Waals surface area contributed by atoms with Crippen LogP contribution in [0, 0.1) is 0 Å². The van der Waals surface area contributed by atoms with Crippen LogP contribution in [0.25, 0.3) is 0 Å². The molecular formula is C8H11N5. The van der Waals surface area contributed by atoms with Gasteiger partial charge >= 0.3 is 0 Å². The van der Waals surface area contributed by atoms with Gasteiger partial charge in [0.1, 0.15) is 0 Å². The van der Waals surface area contributed by atoms with E-state index in [2.05, 4.69) is 10.2 Å². The fourth-order valence-electron chi connectivity index (χ4n) is 1.18. The van der Waals surface area contributed by atoms with Crippen molar-refractivity contribution >= 4 is 5.69 Å². The zero-order valence-electron chi connectivity index (χ0n) is 7.38. The van der Waals surface area contributed by atoms with Gasteiger partial charge in [-0.25, -0.2) is 0 Å². The number of aromatic nitrogens is 4. The summed E-state index contributed by atoms with van der Waals surface area (Å²) in [6, 6.07) is 1.96. The van der Waals surface area contributed by atoms with E-state index in [1.165, 1.54) is 0 Å². The zero-order valence-corrected chi connectivity index (χ0v) is 7.38. The maximum atomic E-state index is 5.53. The average molecular weight is 177 g/mol. The Hall–Kier alpha value is -1.78. The van der Waals surface area contributed by atoms with Crippen molar-refractivity contribution in [1.29, 1.82) is 0 Å². The molecule has 2 aromatic rings. The number of hydrogen-bond donors (Lipinski definition) is 1. The highest BCUT2D eigenvalue weighted by Gasteiger charge is 1.99. The van der Waals surface area contributed by atoms with Crippen LogP contribution >= 0.6 is 0 Å². The van der Waals surface area contributed by atoms with Gasteiger partial charge in [-0.15, -0.1) is 0 Å². The van der Waals surface area contributed by atoms with E-state index in [-0.39, 0.29) is 0 Å². The smallest absolute Gasteiger partial charge is 0.0850 e. The van der Waals surface area contributed by atoms with E-state index in [0.717, 1.165) is 5.69 Å². The van der Waals surface area contributed by atoms with Crippen molar-refractivity contribution in [2.45, 2.75) is 6.54 Å². The van der Waals surface area contributed by atoms with Gasteiger partial charge in [-0.1, -0.05) is 0 Å². The average Bonchev–Trinajstić information content (AvgIpc) is 2.62. The molecule has 0 aliphatic heterocycles. The molecule has 0 radical (unpaired) electrons. The normalized spacial score (nSPS) is 10.5. The number of nitrogens with zero attached hydrogens (tertiary/aromatic N) is 4. The summed E-state index contributed by atoms with van der Waals surface area (Å²) in [6.07, 6.45) is 5.32. The minimum atomic E-state index is 0.665. The molecular weight excluding hydrogens is 166 g/mol. The molecule has 0 amide bonds. The SMILES string of the molecule is Cn1ccc(Cn2cc(N)cn2)n1. The first-order valence-electron chi connectivity index (χ1n) is 4.00. The van der Waals surface area contributed by atoms with Gasteiger partial charge in [0.25, 0.3) is 0 Å². The Morgan fingerprint density at radius 3 is 2.92 bits per heavy atom. The van der Waals surface area contributed by atoms with Crippen LogP contribution in [0.5, 0.6) is 0 Å². The van der Waals surface area contributed by atoms with Gasteiger partial charge in [0.05, 0.1) is 24.1 Å². The number of anilines is 1. The maximum absolute atomic E-state index is 5.53. The van der Waals surface area contributed by atoms with Crippen LogP contribution in [-0.4, -0.2) is 19.6 Å². The van der Waals surface area contributed by atoms with E-state index in [1.54, 1.807) is 21.8 Å². The lowest BCUT2D eigenvalue weighted by Crippen LogP contribution is -2.01. The molecule has 2 rings (SSSR count). The maximum Gasteiger partial charge on any atom is 0.0850 e. The Balaban J connectivity index is 2.14. The molecule has 0 aliphatic rings. The first kappa shape index (κ1) is 7.85. The molecule has 0 bridgehead atoms. The summed E-state index contributed by atoms with van der Waals surface area (Å²) in [5.74, 6) is 0. The van der Waals surface area contributed by atoms with Crippen LogP contribution in [0.4, 0.5) is 5.69 Å². The van der Waals surface area contributed by atoms with E-state index in [4.69, 9.17) is 5.73 Å². The van der Waals surface area contributed by atoms with Crippen LogP contribution in [0.2, 0.25) is 0 Å². The number of rotatable bonds is 2. The number of nitrogens with two attached hydrogens (primary N) is 1. The summed E-state index contributed by atoms with van der Waals surface area (Å²) in [5, 5.41) is 8.29. The number of hydrogen-bond acceptors (Lipinski definition) is 3. The fraction of sp³-hybridized carbons (Fsp3) is 0.250. The Kier molecular flexibility index (Phi) is 1.77. The molecule has 0 fully saturated rings. The topological polar surface area (TPSA) is 61.7 Å². The second kappa shape index (κ2) is 2.93. The van der Waals surface area contributed by atoms with Crippen LogP contribution in [-0.2, 0) is 13.6 Å². The molecule has 2 heterocycles. The van der Waals surface area contributed by atoms with Crippen LogP contribution in [0.1, 0.15) is 5.69 Å². The first-order chi connectivity index (χ1) is 6.24. The highest BCUT2D eigenvalue weighted by Crippen LogP contribution is 2.01. The van der Waals surface area contributed by atoms with E-state index in [1.807, 2.05) is 19.3 Å².